The molecule has 0 spiro atoms. The van der Waals surface area contributed by atoms with Crippen LogP contribution in [0.25, 0.3) is 22.3 Å². The molecule has 0 amide bonds. The number of fused-ring (bicyclic) bond motifs is 1. The van der Waals surface area contributed by atoms with E-state index < -0.39 is 0 Å². The molecule has 5 rings (SSSR count). The van der Waals surface area contributed by atoms with Crippen molar-refractivity contribution in [2.24, 2.45) is 0 Å². The van der Waals surface area contributed by atoms with E-state index in [-0.39, 0.29) is 0 Å². The Balaban J connectivity index is 0.000000674. The first-order valence-electron chi connectivity index (χ1n) is 12.3. The molecule has 36 heavy (non-hydrogen) atoms. The Labute approximate surface area is 223 Å². The van der Waals surface area contributed by atoms with Crippen LogP contribution in [0.4, 0.5) is 15.8 Å². The molecule has 3 heterocycles. The SMILES string of the molecule is CCC.CF.Cc1ccc(NSc2ccc(N3CCCCS3)cc2)cc1-c1ccc2ncccc2n1. The minimum Gasteiger partial charge on any atom is -0.326 e. The van der Waals surface area contributed by atoms with Gasteiger partial charge in [0.15, 0.2) is 0 Å². The van der Waals surface area contributed by atoms with Crippen LogP contribution in [0.1, 0.15) is 38.7 Å². The Hall–Kier alpha value is -2.77. The minimum absolute atomic E-state index is 0.500. The molecule has 2 aromatic carbocycles. The van der Waals surface area contributed by atoms with Gasteiger partial charge >= 0.3 is 0 Å². The Morgan fingerprint density at radius 2 is 1.75 bits per heavy atom. The van der Waals surface area contributed by atoms with Gasteiger partial charge in [0, 0.05) is 40.3 Å². The van der Waals surface area contributed by atoms with Gasteiger partial charge in [-0.15, -0.1) is 0 Å². The van der Waals surface area contributed by atoms with Crippen LogP contribution in [0.3, 0.4) is 0 Å². The number of aromatic nitrogens is 2. The maximum Gasteiger partial charge on any atom is 0.0894 e. The van der Waals surface area contributed by atoms with Crippen molar-refractivity contribution in [3.8, 4) is 11.3 Å². The predicted molar refractivity (Wildman–Crippen MR) is 158 cm³/mol. The number of halogens is 1. The summed E-state index contributed by atoms with van der Waals surface area (Å²) in [7, 11) is 0.500. The van der Waals surface area contributed by atoms with Crippen LogP contribution in [0, 0.1) is 6.92 Å². The number of benzene rings is 2. The van der Waals surface area contributed by atoms with E-state index >= 15 is 0 Å². The molecule has 0 atom stereocenters. The highest BCUT2D eigenvalue weighted by Gasteiger charge is 2.12. The molecule has 0 saturated carbocycles. The number of aryl methyl sites for hydroxylation is 1. The van der Waals surface area contributed by atoms with Crippen LogP contribution >= 0.6 is 23.9 Å². The zero-order valence-electron chi connectivity index (χ0n) is 21.5. The van der Waals surface area contributed by atoms with Crippen LogP contribution in [-0.2, 0) is 0 Å². The third kappa shape index (κ3) is 7.61. The van der Waals surface area contributed by atoms with E-state index in [2.05, 4.69) is 77.2 Å². The van der Waals surface area contributed by atoms with Crippen LogP contribution in [0.15, 0.2) is 77.8 Å². The number of nitrogens with one attached hydrogen (secondary N) is 1. The lowest BCUT2D eigenvalue weighted by Gasteiger charge is -2.27. The van der Waals surface area contributed by atoms with Crippen molar-refractivity contribution >= 4 is 46.3 Å². The molecule has 1 saturated heterocycles. The quantitative estimate of drug-likeness (QED) is 0.264. The van der Waals surface area contributed by atoms with Crippen LogP contribution in [0.2, 0.25) is 0 Å². The zero-order chi connectivity index (χ0) is 25.8. The second kappa shape index (κ2) is 14.7. The topological polar surface area (TPSA) is 41.0 Å². The van der Waals surface area contributed by atoms with Gasteiger partial charge in [0.25, 0.3) is 0 Å². The molecule has 1 aliphatic heterocycles. The first kappa shape index (κ1) is 27.8. The summed E-state index contributed by atoms with van der Waals surface area (Å²) in [6.07, 6.45) is 5.65. The average Bonchev–Trinajstić information content (AvgIpc) is 2.95. The van der Waals surface area contributed by atoms with Crippen molar-refractivity contribution in [1.82, 2.24) is 9.97 Å². The molecule has 1 fully saturated rings. The molecule has 2 aromatic heterocycles. The summed E-state index contributed by atoms with van der Waals surface area (Å²) in [4.78, 5) is 10.4. The second-order valence-corrected chi connectivity index (χ2v) is 10.3. The third-order valence-corrected chi connectivity index (χ3v) is 7.41. The van der Waals surface area contributed by atoms with E-state index in [1.54, 1.807) is 18.1 Å². The van der Waals surface area contributed by atoms with Gasteiger partial charge in [0.1, 0.15) is 0 Å². The lowest BCUT2D eigenvalue weighted by Crippen LogP contribution is -2.20. The first-order valence-corrected chi connectivity index (χ1v) is 14.1. The van der Waals surface area contributed by atoms with Gasteiger partial charge < -0.3 is 9.03 Å². The average molecular weight is 523 g/mol. The van der Waals surface area contributed by atoms with Crippen molar-refractivity contribution in [2.45, 2.75) is 44.9 Å². The number of anilines is 2. The van der Waals surface area contributed by atoms with Crippen molar-refractivity contribution in [3.05, 3.63) is 78.5 Å². The monoisotopic (exact) mass is 522 g/mol. The number of hydrogen-bond donors (Lipinski definition) is 1. The molecule has 0 bridgehead atoms. The molecule has 190 valence electrons. The van der Waals surface area contributed by atoms with Crippen LogP contribution < -0.4 is 9.03 Å². The van der Waals surface area contributed by atoms with Crippen molar-refractivity contribution in [3.63, 3.8) is 0 Å². The fraction of sp³-hybridized carbons (Fsp3) is 0.310. The summed E-state index contributed by atoms with van der Waals surface area (Å²) in [5.74, 6) is 1.22. The number of alkyl halides is 1. The lowest BCUT2D eigenvalue weighted by atomic mass is 10.0. The maximum atomic E-state index is 9.50. The Bertz CT molecular complexity index is 1210. The Morgan fingerprint density at radius 1 is 0.972 bits per heavy atom. The number of nitrogens with zero attached hydrogens (tertiary/aromatic N) is 3. The van der Waals surface area contributed by atoms with E-state index in [1.807, 2.05) is 36.2 Å². The van der Waals surface area contributed by atoms with Crippen LogP contribution in [0.5, 0.6) is 0 Å². The normalized spacial score (nSPS) is 12.8. The minimum atomic E-state index is 0.500. The predicted octanol–water partition coefficient (Wildman–Crippen LogP) is 8.97. The Morgan fingerprint density at radius 3 is 2.47 bits per heavy atom. The van der Waals surface area contributed by atoms with Crippen molar-refractivity contribution in [2.75, 3.05) is 28.5 Å². The Kier molecular flexibility index (Phi) is 11.4. The smallest absolute Gasteiger partial charge is 0.0894 e. The van der Waals surface area contributed by atoms with Gasteiger partial charge in [0.2, 0.25) is 0 Å². The van der Waals surface area contributed by atoms with E-state index in [0.717, 1.165) is 34.5 Å². The number of hydrogen-bond acceptors (Lipinski definition) is 6. The summed E-state index contributed by atoms with van der Waals surface area (Å²) in [5.41, 5.74) is 7.50. The molecule has 0 unspecified atom stereocenters. The van der Waals surface area contributed by atoms with E-state index in [0.29, 0.717) is 7.18 Å². The number of rotatable bonds is 5. The van der Waals surface area contributed by atoms with Gasteiger partial charge in [0.05, 0.1) is 23.9 Å². The summed E-state index contributed by atoms with van der Waals surface area (Å²) >= 11 is 3.57. The highest BCUT2D eigenvalue weighted by Crippen LogP contribution is 2.31. The molecular weight excluding hydrogens is 487 g/mol. The molecule has 0 aliphatic carbocycles. The summed E-state index contributed by atoms with van der Waals surface area (Å²) in [5, 5.41) is 0. The van der Waals surface area contributed by atoms with E-state index in [4.69, 9.17) is 4.98 Å². The lowest BCUT2D eigenvalue weighted by molar-refractivity contribution is 0.636. The molecule has 0 radical (unpaired) electrons. The van der Waals surface area contributed by atoms with E-state index in [1.165, 1.54) is 41.2 Å². The highest BCUT2D eigenvalue weighted by molar-refractivity contribution is 8.00. The first-order chi connectivity index (χ1) is 17.7. The van der Waals surface area contributed by atoms with Gasteiger partial charge in [-0.3, -0.25) is 9.37 Å². The van der Waals surface area contributed by atoms with Crippen molar-refractivity contribution < 1.29 is 4.39 Å². The molecule has 4 aromatic rings. The maximum absolute atomic E-state index is 9.50. The largest absolute Gasteiger partial charge is 0.326 e. The molecule has 1 aliphatic rings. The summed E-state index contributed by atoms with van der Waals surface area (Å²) in [6.45, 7) is 7.51. The van der Waals surface area contributed by atoms with Crippen molar-refractivity contribution in [1.29, 1.82) is 0 Å². The standard InChI is InChI=1S/C25H24N4S2.C3H8.CH3F/c1-18-6-7-19(17-22(18)23-12-13-24-25(27-23)5-4-14-26-24)28-31-21-10-8-20(9-11-21)29-15-2-3-16-30-29;1-3-2;1-2/h4-14,17,28H,2-3,15-16H2,1H3;3H2,1-2H3;1H3. The third-order valence-electron chi connectivity index (χ3n) is 5.38. The highest BCUT2D eigenvalue weighted by atomic mass is 32.2. The summed E-state index contributed by atoms with van der Waals surface area (Å²) < 4.78 is 15.4. The van der Waals surface area contributed by atoms with Gasteiger partial charge in [-0.05, 0) is 110 Å². The molecule has 7 heteroatoms. The van der Waals surface area contributed by atoms with Gasteiger partial charge in [-0.2, -0.15) is 0 Å². The summed E-state index contributed by atoms with van der Waals surface area (Å²) in [6, 6.07) is 23.3. The fourth-order valence-corrected chi connectivity index (χ4v) is 5.38. The van der Waals surface area contributed by atoms with Crippen LogP contribution in [-0.4, -0.2) is 29.4 Å². The molecular formula is C29H35FN4S2. The second-order valence-electron chi connectivity index (χ2n) is 8.32. The van der Waals surface area contributed by atoms with Gasteiger partial charge in [-0.1, -0.05) is 26.3 Å². The van der Waals surface area contributed by atoms with Gasteiger partial charge in [-0.25, -0.2) is 4.98 Å². The zero-order valence-corrected chi connectivity index (χ0v) is 23.1. The molecule has 1 N–H and O–H groups in total. The van der Waals surface area contributed by atoms with E-state index in [9.17, 15) is 4.39 Å². The number of pyridine rings is 2. The molecule has 4 nitrogen and oxygen atoms in total. The fourth-order valence-electron chi connectivity index (χ4n) is 3.67.